The highest BCUT2D eigenvalue weighted by molar-refractivity contribution is 5.40. The second kappa shape index (κ2) is 7.08. The summed E-state index contributed by atoms with van der Waals surface area (Å²) in [5, 5.41) is 4.04. The van der Waals surface area contributed by atoms with Gasteiger partial charge < -0.3 is 9.42 Å². The number of anilines is 1. The van der Waals surface area contributed by atoms with Crippen LogP contribution >= 0.6 is 0 Å². The van der Waals surface area contributed by atoms with Crippen LogP contribution in [0.2, 0.25) is 0 Å². The molecular weight excluding hydrogens is 290 g/mol. The normalized spacial score (nSPS) is 19.3. The molecule has 0 N–H and O–H groups in total. The van der Waals surface area contributed by atoms with E-state index in [0.717, 1.165) is 62.2 Å². The van der Waals surface area contributed by atoms with Gasteiger partial charge in [0.25, 0.3) is 0 Å². The van der Waals surface area contributed by atoms with E-state index in [9.17, 15) is 0 Å². The van der Waals surface area contributed by atoms with Crippen molar-refractivity contribution in [3.05, 3.63) is 35.6 Å². The molecule has 3 rings (SSSR count). The molecule has 1 aliphatic rings. The molecule has 124 valence electrons. The van der Waals surface area contributed by atoms with Crippen molar-refractivity contribution in [2.24, 2.45) is 0 Å². The Morgan fingerprint density at radius 3 is 2.87 bits per heavy atom. The van der Waals surface area contributed by atoms with Crippen molar-refractivity contribution in [1.29, 1.82) is 0 Å². The van der Waals surface area contributed by atoms with E-state index in [-0.39, 0.29) is 0 Å². The van der Waals surface area contributed by atoms with Crippen LogP contribution in [0.3, 0.4) is 0 Å². The van der Waals surface area contributed by atoms with E-state index in [1.54, 1.807) is 0 Å². The summed E-state index contributed by atoms with van der Waals surface area (Å²) in [6, 6.07) is 6.62. The number of pyridine rings is 1. The standard InChI is InChI=1S/C17H25N5O/c1-4-6-15-19-17(23-20-15)12-21-9-10-22(11-14(21)3)16-8-5-7-13(2)18-16/h5,7-8,14H,4,6,9-12H2,1-3H3/t14-/m1/s1. The molecule has 2 aromatic heterocycles. The third-order valence-corrected chi connectivity index (χ3v) is 4.28. The fourth-order valence-electron chi connectivity index (χ4n) is 3.00. The van der Waals surface area contributed by atoms with Crippen LogP contribution in [-0.4, -0.2) is 45.7 Å². The summed E-state index contributed by atoms with van der Waals surface area (Å²) in [4.78, 5) is 13.9. The molecule has 1 aliphatic heterocycles. The summed E-state index contributed by atoms with van der Waals surface area (Å²) in [5.41, 5.74) is 1.06. The van der Waals surface area contributed by atoms with E-state index in [1.807, 2.05) is 13.0 Å². The first kappa shape index (κ1) is 15.9. The molecule has 2 aromatic rings. The maximum atomic E-state index is 5.37. The monoisotopic (exact) mass is 315 g/mol. The molecular formula is C17H25N5O. The first-order chi connectivity index (χ1) is 11.2. The molecule has 1 saturated heterocycles. The number of aryl methyl sites for hydroxylation is 2. The maximum Gasteiger partial charge on any atom is 0.240 e. The summed E-state index contributed by atoms with van der Waals surface area (Å²) >= 11 is 0. The number of piperazine rings is 1. The lowest BCUT2D eigenvalue weighted by molar-refractivity contribution is 0.159. The van der Waals surface area contributed by atoms with E-state index >= 15 is 0 Å². The molecule has 23 heavy (non-hydrogen) atoms. The first-order valence-corrected chi connectivity index (χ1v) is 8.40. The molecule has 0 unspecified atom stereocenters. The van der Waals surface area contributed by atoms with E-state index in [1.165, 1.54) is 0 Å². The number of rotatable bonds is 5. The minimum Gasteiger partial charge on any atom is -0.354 e. The molecule has 1 fully saturated rings. The van der Waals surface area contributed by atoms with Gasteiger partial charge in [-0.1, -0.05) is 18.1 Å². The molecule has 0 aliphatic carbocycles. The zero-order chi connectivity index (χ0) is 16.2. The van der Waals surface area contributed by atoms with Crippen molar-refractivity contribution < 1.29 is 4.52 Å². The molecule has 6 nitrogen and oxygen atoms in total. The van der Waals surface area contributed by atoms with E-state index in [4.69, 9.17) is 4.52 Å². The summed E-state index contributed by atoms with van der Waals surface area (Å²) in [6.45, 7) is 10.0. The van der Waals surface area contributed by atoms with Gasteiger partial charge in [-0.25, -0.2) is 4.98 Å². The van der Waals surface area contributed by atoms with Crippen LogP contribution in [0.4, 0.5) is 5.82 Å². The summed E-state index contributed by atoms with van der Waals surface area (Å²) in [7, 11) is 0. The molecule has 0 aromatic carbocycles. The van der Waals surface area contributed by atoms with Crippen molar-refractivity contribution in [2.45, 2.75) is 46.2 Å². The van der Waals surface area contributed by atoms with Crippen LogP contribution in [0.25, 0.3) is 0 Å². The fourth-order valence-corrected chi connectivity index (χ4v) is 3.00. The summed E-state index contributed by atoms with van der Waals surface area (Å²) < 4.78 is 5.37. The summed E-state index contributed by atoms with van der Waals surface area (Å²) in [5.74, 6) is 2.61. The van der Waals surface area contributed by atoms with Crippen molar-refractivity contribution in [2.75, 3.05) is 24.5 Å². The van der Waals surface area contributed by atoms with Gasteiger partial charge in [0, 0.05) is 37.8 Å². The lowest BCUT2D eigenvalue weighted by Crippen LogP contribution is -2.51. The molecule has 3 heterocycles. The van der Waals surface area contributed by atoms with Crippen LogP contribution < -0.4 is 4.90 Å². The van der Waals surface area contributed by atoms with E-state index < -0.39 is 0 Å². The quantitative estimate of drug-likeness (QED) is 0.844. The molecule has 0 bridgehead atoms. The molecule has 0 saturated carbocycles. The maximum absolute atomic E-state index is 5.37. The Kier molecular flexibility index (Phi) is 4.91. The van der Waals surface area contributed by atoms with Crippen LogP contribution in [-0.2, 0) is 13.0 Å². The minimum absolute atomic E-state index is 0.424. The zero-order valence-corrected chi connectivity index (χ0v) is 14.2. The lowest BCUT2D eigenvalue weighted by Gasteiger charge is -2.39. The second-order valence-corrected chi connectivity index (χ2v) is 6.26. The second-order valence-electron chi connectivity index (χ2n) is 6.26. The SMILES string of the molecule is CCCc1noc(CN2CCN(c3cccc(C)n3)C[C@H]2C)n1. The average Bonchev–Trinajstić information content (AvgIpc) is 2.97. The zero-order valence-electron chi connectivity index (χ0n) is 14.2. The van der Waals surface area contributed by atoms with E-state index in [0.29, 0.717) is 6.04 Å². The molecule has 6 heteroatoms. The van der Waals surface area contributed by atoms with Gasteiger partial charge >= 0.3 is 0 Å². The molecule has 0 radical (unpaired) electrons. The molecule has 0 spiro atoms. The van der Waals surface area contributed by atoms with Gasteiger partial charge in [-0.15, -0.1) is 0 Å². The first-order valence-electron chi connectivity index (χ1n) is 8.40. The van der Waals surface area contributed by atoms with Crippen LogP contribution in [0.1, 0.15) is 37.7 Å². The van der Waals surface area contributed by atoms with Gasteiger partial charge in [-0.2, -0.15) is 4.98 Å². The highest BCUT2D eigenvalue weighted by atomic mass is 16.5. The van der Waals surface area contributed by atoms with Crippen molar-refractivity contribution in [3.63, 3.8) is 0 Å². The predicted molar refractivity (Wildman–Crippen MR) is 89.4 cm³/mol. The lowest BCUT2D eigenvalue weighted by atomic mass is 10.2. The average molecular weight is 315 g/mol. The van der Waals surface area contributed by atoms with Crippen molar-refractivity contribution >= 4 is 5.82 Å². The van der Waals surface area contributed by atoms with Gasteiger partial charge in [0.05, 0.1) is 6.54 Å². The highest BCUT2D eigenvalue weighted by Crippen LogP contribution is 2.19. The molecule has 1 atom stereocenters. The van der Waals surface area contributed by atoms with E-state index in [2.05, 4.69) is 50.9 Å². The highest BCUT2D eigenvalue weighted by Gasteiger charge is 2.26. The topological polar surface area (TPSA) is 58.3 Å². The Morgan fingerprint density at radius 2 is 2.13 bits per heavy atom. The number of hydrogen-bond acceptors (Lipinski definition) is 6. The Bertz CT molecular complexity index is 641. The van der Waals surface area contributed by atoms with Gasteiger partial charge in [0.2, 0.25) is 5.89 Å². The number of hydrogen-bond donors (Lipinski definition) is 0. The fraction of sp³-hybridized carbons (Fsp3) is 0.588. The van der Waals surface area contributed by atoms with Crippen LogP contribution in [0, 0.1) is 6.92 Å². The number of aromatic nitrogens is 3. The molecule has 0 amide bonds. The Labute approximate surface area is 137 Å². The minimum atomic E-state index is 0.424. The smallest absolute Gasteiger partial charge is 0.240 e. The third kappa shape index (κ3) is 3.88. The van der Waals surface area contributed by atoms with Crippen LogP contribution in [0.15, 0.2) is 22.7 Å². The van der Waals surface area contributed by atoms with Gasteiger partial charge in [-0.05, 0) is 32.4 Å². The largest absolute Gasteiger partial charge is 0.354 e. The Balaban J connectivity index is 1.60. The Morgan fingerprint density at radius 1 is 1.26 bits per heavy atom. The predicted octanol–water partition coefficient (Wildman–Crippen LogP) is 2.44. The van der Waals surface area contributed by atoms with Crippen molar-refractivity contribution in [3.8, 4) is 0 Å². The van der Waals surface area contributed by atoms with Gasteiger partial charge in [0.15, 0.2) is 5.82 Å². The van der Waals surface area contributed by atoms with Gasteiger partial charge in [-0.3, -0.25) is 4.90 Å². The third-order valence-electron chi connectivity index (χ3n) is 4.28. The van der Waals surface area contributed by atoms with Crippen molar-refractivity contribution in [1.82, 2.24) is 20.0 Å². The summed E-state index contributed by atoms with van der Waals surface area (Å²) in [6.07, 6.45) is 1.92. The number of nitrogens with zero attached hydrogens (tertiary/aromatic N) is 5. The Hall–Kier alpha value is -1.95. The van der Waals surface area contributed by atoms with Crippen LogP contribution in [0.5, 0.6) is 0 Å². The van der Waals surface area contributed by atoms with Gasteiger partial charge in [0.1, 0.15) is 5.82 Å².